The van der Waals surface area contributed by atoms with Gasteiger partial charge in [-0.15, -0.1) is 0 Å². The van der Waals surface area contributed by atoms with Crippen LogP contribution in [-0.4, -0.2) is 20.1 Å². The van der Waals surface area contributed by atoms with Crippen molar-refractivity contribution in [3.8, 4) is 0 Å². The lowest BCUT2D eigenvalue weighted by Gasteiger charge is -2.08. The molecule has 0 unspecified atom stereocenters. The van der Waals surface area contributed by atoms with Crippen molar-refractivity contribution in [2.75, 3.05) is 5.75 Å². The molecule has 1 amide bonds. The molecule has 0 aliphatic heterocycles. The van der Waals surface area contributed by atoms with Crippen LogP contribution in [-0.2, 0) is 27.8 Å². The van der Waals surface area contributed by atoms with Gasteiger partial charge < -0.3 is 5.73 Å². The molecule has 3 N–H and O–H groups in total. The Bertz CT molecular complexity index is 497. The molecule has 0 bridgehead atoms. The monoisotopic (exact) mass is 256 g/mol. The van der Waals surface area contributed by atoms with E-state index in [0.29, 0.717) is 6.54 Å². The first-order valence-corrected chi connectivity index (χ1v) is 6.94. The van der Waals surface area contributed by atoms with E-state index in [1.165, 1.54) is 6.92 Å². The first kappa shape index (κ1) is 13.7. The minimum atomic E-state index is -3.49. The van der Waals surface area contributed by atoms with Gasteiger partial charge in [-0.25, -0.2) is 8.42 Å². The fraction of sp³-hybridized carbons (Fsp3) is 0.364. The molecule has 1 aromatic carbocycles. The van der Waals surface area contributed by atoms with Crippen LogP contribution in [0.25, 0.3) is 0 Å². The minimum absolute atomic E-state index is 0.0204. The summed E-state index contributed by atoms with van der Waals surface area (Å²) in [6, 6.07) is 7.19. The minimum Gasteiger partial charge on any atom is -0.326 e. The highest BCUT2D eigenvalue weighted by atomic mass is 32.2. The van der Waals surface area contributed by atoms with Crippen LogP contribution >= 0.6 is 0 Å². The van der Waals surface area contributed by atoms with Gasteiger partial charge in [0.15, 0.2) is 0 Å². The Hall–Kier alpha value is -1.40. The molecule has 6 heteroatoms. The Morgan fingerprint density at radius 2 is 1.88 bits per heavy atom. The third-order valence-electron chi connectivity index (χ3n) is 2.34. The number of amides is 1. The van der Waals surface area contributed by atoms with Crippen LogP contribution in [0, 0.1) is 0 Å². The SMILES string of the molecule is CCS(=O)(=O)NC(=O)Cc1ccccc1CN. The molecule has 0 aromatic heterocycles. The molecule has 1 rings (SSSR count). The maximum Gasteiger partial charge on any atom is 0.237 e. The number of nitrogens with one attached hydrogen (secondary N) is 1. The van der Waals surface area contributed by atoms with E-state index in [0.717, 1.165) is 11.1 Å². The molecular formula is C11H16N2O3S. The maximum atomic E-state index is 11.5. The second kappa shape index (κ2) is 5.79. The van der Waals surface area contributed by atoms with Crippen molar-refractivity contribution < 1.29 is 13.2 Å². The van der Waals surface area contributed by atoms with Gasteiger partial charge in [0.2, 0.25) is 15.9 Å². The first-order chi connectivity index (χ1) is 7.98. The van der Waals surface area contributed by atoms with Gasteiger partial charge in [-0.1, -0.05) is 24.3 Å². The molecule has 0 aliphatic carbocycles. The van der Waals surface area contributed by atoms with Gasteiger partial charge in [0.1, 0.15) is 0 Å². The molecule has 0 spiro atoms. The molecule has 0 saturated carbocycles. The maximum absolute atomic E-state index is 11.5. The summed E-state index contributed by atoms with van der Waals surface area (Å²) in [6.07, 6.45) is 0.0204. The molecule has 0 heterocycles. The lowest BCUT2D eigenvalue weighted by Crippen LogP contribution is -2.33. The van der Waals surface area contributed by atoms with E-state index >= 15 is 0 Å². The summed E-state index contributed by atoms with van der Waals surface area (Å²) in [6.45, 7) is 1.80. The third kappa shape index (κ3) is 4.16. The summed E-state index contributed by atoms with van der Waals surface area (Å²) in [5.74, 6) is -0.648. The van der Waals surface area contributed by atoms with E-state index in [1.807, 2.05) is 16.9 Å². The highest BCUT2D eigenvalue weighted by Crippen LogP contribution is 2.08. The van der Waals surface area contributed by atoms with Gasteiger partial charge in [0.25, 0.3) is 0 Å². The third-order valence-corrected chi connectivity index (χ3v) is 3.64. The number of sulfonamides is 1. The lowest BCUT2D eigenvalue weighted by molar-refractivity contribution is -0.118. The fourth-order valence-corrected chi connectivity index (χ4v) is 1.95. The second-order valence-corrected chi connectivity index (χ2v) is 5.59. The molecule has 94 valence electrons. The average Bonchev–Trinajstić information content (AvgIpc) is 2.29. The van der Waals surface area contributed by atoms with Crippen LogP contribution in [0.3, 0.4) is 0 Å². The summed E-state index contributed by atoms with van der Waals surface area (Å²) < 4.78 is 24.4. The van der Waals surface area contributed by atoms with E-state index in [4.69, 9.17) is 5.73 Å². The van der Waals surface area contributed by atoms with E-state index in [9.17, 15) is 13.2 Å². The van der Waals surface area contributed by atoms with Crippen molar-refractivity contribution in [1.82, 2.24) is 4.72 Å². The molecule has 1 aromatic rings. The fourth-order valence-electron chi connectivity index (χ4n) is 1.38. The number of rotatable bonds is 5. The van der Waals surface area contributed by atoms with Crippen molar-refractivity contribution in [3.05, 3.63) is 35.4 Å². The van der Waals surface area contributed by atoms with E-state index < -0.39 is 15.9 Å². The zero-order valence-electron chi connectivity index (χ0n) is 9.64. The molecule has 0 aliphatic rings. The highest BCUT2D eigenvalue weighted by molar-refractivity contribution is 7.90. The first-order valence-electron chi connectivity index (χ1n) is 5.28. The number of carbonyl (C=O) groups is 1. The molecule has 0 saturated heterocycles. The predicted octanol–water partition coefficient (Wildman–Crippen LogP) is 0.154. The van der Waals surface area contributed by atoms with Crippen molar-refractivity contribution in [3.63, 3.8) is 0 Å². The van der Waals surface area contributed by atoms with E-state index in [-0.39, 0.29) is 12.2 Å². The van der Waals surface area contributed by atoms with Gasteiger partial charge in [-0.3, -0.25) is 9.52 Å². The number of benzene rings is 1. The molecule has 5 nitrogen and oxygen atoms in total. The Balaban J connectivity index is 2.75. The molecule has 0 fully saturated rings. The van der Waals surface area contributed by atoms with Gasteiger partial charge in [-0.05, 0) is 18.1 Å². The van der Waals surface area contributed by atoms with Crippen molar-refractivity contribution in [2.24, 2.45) is 5.73 Å². The van der Waals surface area contributed by atoms with E-state index in [2.05, 4.69) is 0 Å². The topological polar surface area (TPSA) is 89.3 Å². The van der Waals surface area contributed by atoms with Crippen LogP contribution < -0.4 is 10.5 Å². The Kier molecular flexibility index (Phi) is 4.65. The highest BCUT2D eigenvalue weighted by Gasteiger charge is 2.13. The zero-order chi connectivity index (χ0) is 12.9. The van der Waals surface area contributed by atoms with Crippen LogP contribution in [0.4, 0.5) is 0 Å². The Morgan fingerprint density at radius 1 is 1.29 bits per heavy atom. The smallest absolute Gasteiger partial charge is 0.237 e. The van der Waals surface area contributed by atoms with Crippen molar-refractivity contribution in [1.29, 1.82) is 0 Å². The summed E-state index contributed by atoms with van der Waals surface area (Å²) in [7, 11) is -3.49. The largest absolute Gasteiger partial charge is 0.326 e. The standard InChI is InChI=1S/C11H16N2O3S/c1-2-17(15,16)13-11(14)7-9-5-3-4-6-10(9)8-12/h3-6H,2,7-8,12H2,1H3,(H,13,14). The van der Waals surface area contributed by atoms with Gasteiger partial charge in [-0.2, -0.15) is 0 Å². The molecule has 17 heavy (non-hydrogen) atoms. The number of hydrogen-bond acceptors (Lipinski definition) is 4. The van der Waals surface area contributed by atoms with Crippen molar-refractivity contribution >= 4 is 15.9 Å². The molecule has 0 radical (unpaired) electrons. The van der Waals surface area contributed by atoms with E-state index in [1.54, 1.807) is 12.1 Å². The summed E-state index contributed by atoms with van der Waals surface area (Å²) in [5.41, 5.74) is 7.12. The predicted molar refractivity (Wildman–Crippen MR) is 65.6 cm³/mol. The van der Waals surface area contributed by atoms with Gasteiger partial charge in [0, 0.05) is 6.54 Å². The quantitative estimate of drug-likeness (QED) is 0.785. The second-order valence-electron chi connectivity index (χ2n) is 3.58. The number of carbonyl (C=O) groups excluding carboxylic acids is 1. The summed E-state index contributed by atoms with van der Waals surface area (Å²) in [5, 5.41) is 0. The summed E-state index contributed by atoms with van der Waals surface area (Å²) in [4.78, 5) is 11.5. The lowest BCUT2D eigenvalue weighted by atomic mass is 10.0. The Labute approximate surface area is 101 Å². The van der Waals surface area contributed by atoms with Crippen molar-refractivity contribution in [2.45, 2.75) is 19.9 Å². The normalized spacial score (nSPS) is 11.2. The van der Waals surface area contributed by atoms with Gasteiger partial charge >= 0.3 is 0 Å². The van der Waals surface area contributed by atoms with Crippen LogP contribution in [0.1, 0.15) is 18.1 Å². The van der Waals surface area contributed by atoms with Crippen LogP contribution in [0.5, 0.6) is 0 Å². The number of nitrogens with two attached hydrogens (primary N) is 1. The molecular weight excluding hydrogens is 240 g/mol. The zero-order valence-corrected chi connectivity index (χ0v) is 10.5. The van der Waals surface area contributed by atoms with Crippen LogP contribution in [0.15, 0.2) is 24.3 Å². The van der Waals surface area contributed by atoms with Crippen LogP contribution in [0.2, 0.25) is 0 Å². The number of hydrogen-bond donors (Lipinski definition) is 2. The van der Waals surface area contributed by atoms with Gasteiger partial charge in [0.05, 0.1) is 12.2 Å². The average molecular weight is 256 g/mol. The molecule has 0 atom stereocenters. The summed E-state index contributed by atoms with van der Waals surface area (Å²) >= 11 is 0. The Morgan fingerprint density at radius 3 is 2.41 bits per heavy atom.